The second-order valence-corrected chi connectivity index (χ2v) is 4.41. The van der Waals surface area contributed by atoms with Crippen LogP contribution in [-0.2, 0) is 4.79 Å². The Morgan fingerprint density at radius 2 is 2.25 bits per heavy atom. The zero-order valence-electron chi connectivity index (χ0n) is 10.6. The van der Waals surface area contributed by atoms with Crippen LogP contribution >= 0.6 is 0 Å². The molecule has 1 saturated heterocycles. The monoisotopic (exact) mass is 227 g/mol. The van der Waals surface area contributed by atoms with Gasteiger partial charge >= 0.3 is 0 Å². The SMILES string of the molecule is CCCNC(=O)CNCC1CCCN1CC. The summed E-state index contributed by atoms with van der Waals surface area (Å²) in [4.78, 5) is 13.8. The molecule has 1 unspecified atom stereocenters. The van der Waals surface area contributed by atoms with Gasteiger partial charge in [0.2, 0.25) is 5.91 Å². The average Bonchev–Trinajstić information content (AvgIpc) is 2.74. The Balaban J connectivity index is 2.08. The first-order valence-electron chi connectivity index (χ1n) is 6.49. The number of nitrogens with one attached hydrogen (secondary N) is 2. The summed E-state index contributed by atoms with van der Waals surface area (Å²) in [6.45, 7) is 8.77. The molecule has 1 aliphatic heterocycles. The molecule has 16 heavy (non-hydrogen) atoms. The third-order valence-corrected chi connectivity index (χ3v) is 3.14. The molecule has 94 valence electrons. The lowest BCUT2D eigenvalue weighted by Crippen LogP contribution is -2.41. The highest BCUT2D eigenvalue weighted by Crippen LogP contribution is 2.15. The van der Waals surface area contributed by atoms with Gasteiger partial charge in [0.15, 0.2) is 0 Å². The van der Waals surface area contributed by atoms with Gasteiger partial charge < -0.3 is 10.6 Å². The quantitative estimate of drug-likeness (QED) is 0.669. The number of hydrogen-bond acceptors (Lipinski definition) is 3. The van der Waals surface area contributed by atoms with Gasteiger partial charge in [-0.15, -0.1) is 0 Å². The number of likely N-dealkylation sites (N-methyl/N-ethyl adjacent to an activating group) is 1. The van der Waals surface area contributed by atoms with Gasteiger partial charge in [-0.25, -0.2) is 0 Å². The van der Waals surface area contributed by atoms with E-state index in [1.165, 1.54) is 19.4 Å². The Kier molecular flexibility index (Phi) is 6.42. The molecule has 1 atom stereocenters. The number of carbonyl (C=O) groups excluding carboxylic acids is 1. The van der Waals surface area contributed by atoms with E-state index in [-0.39, 0.29) is 5.91 Å². The van der Waals surface area contributed by atoms with Crippen LogP contribution in [0.5, 0.6) is 0 Å². The summed E-state index contributed by atoms with van der Waals surface area (Å²) >= 11 is 0. The maximum absolute atomic E-state index is 11.3. The molecule has 1 heterocycles. The number of rotatable bonds is 7. The Hall–Kier alpha value is -0.610. The van der Waals surface area contributed by atoms with Crippen molar-refractivity contribution in [1.29, 1.82) is 0 Å². The number of hydrogen-bond donors (Lipinski definition) is 2. The normalized spacial score (nSPS) is 21.2. The van der Waals surface area contributed by atoms with Crippen molar-refractivity contribution < 1.29 is 4.79 Å². The first-order chi connectivity index (χ1) is 7.77. The van der Waals surface area contributed by atoms with Gasteiger partial charge in [0.05, 0.1) is 6.54 Å². The predicted octanol–water partition coefficient (Wildman–Crippen LogP) is 0.587. The van der Waals surface area contributed by atoms with E-state index in [0.717, 1.165) is 26.1 Å². The Morgan fingerprint density at radius 3 is 2.94 bits per heavy atom. The van der Waals surface area contributed by atoms with E-state index >= 15 is 0 Å². The minimum atomic E-state index is 0.114. The van der Waals surface area contributed by atoms with Gasteiger partial charge in [-0.2, -0.15) is 0 Å². The third kappa shape index (κ3) is 4.49. The van der Waals surface area contributed by atoms with Crippen molar-refractivity contribution in [3.63, 3.8) is 0 Å². The topological polar surface area (TPSA) is 44.4 Å². The zero-order chi connectivity index (χ0) is 11.8. The highest BCUT2D eigenvalue weighted by molar-refractivity contribution is 5.77. The Labute approximate surface area is 98.8 Å². The lowest BCUT2D eigenvalue weighted by Gasteiger charge is -2.22. The molecule has 1 fully saturated rings. The summed E-state index contributed by atoms with van der Waals surface area (Å²) in [6, 6.07) is 0.629. The van der Waals surface area contributed by atoms with Crippen molar-refractivity contribution in [3.05, 3.63) is 0 Å². The van der Waals surface area contributed by atoms with E-state index in [1.54, 1.807) is 0 Å². The van der Waals surface area contributed by atoms with Gasteiger partial charge in [-0.1, -0.05) is 13.8 Å². The summed E-state index contributed by atoms with van der Waals surface area (Å²) in [7, 11) is 0. The lowest BCUT2D eigenvalue weighted by molar-refractivity contribution is -0.120. The maximum Gasteiger partial charge on any atom is 0.233 e. The highest BCUT2D eigenvalue weighted by Gasteiger charge is 2.22. The summed E-state index contributed by atoms with van der Waals surface area (Å²) in [5.74, 6) is 0.114. The number of amides is 1. The van der Waals surface area contributed by atoms with Crippen LogP contribution in [0.15, 0.2) is 0 Å². The molecule has 0 aromatic rings. The standard InChI is InChI=1S/C12H25N3O/c1-3-7-14-12(16)10-13-9-11-6-5-8-15(11)4-2/h11,13H,3-10H2,1-2H3,(H,14,16). The van der Waals surface area contributed by atoms with Crippen LogP contribution in [0.3, 0.4) is 0 Å². The maximum atomic E-state index is 11.3. The van der Waals surface area contributed by atoms with Crippen LogP contribution in [0.4, 0.5) is 0 Å². The molecular weight excluding hydrogens is 202 g/mol. The molecule has 0 bridgehead atoms. The van der Waals surface area contributed by atoms with Crippen molar-refractivity contribution in [2.45, 2.75) is 39.2 Å². The summed E-state index contributed by atoms with van der Waals surface area (Å²) in [5, 5.41) is 6.11. The number of likely N-dealkylation sites (tertiary alicyclic amines) is 1. The van der Waals surface area contributed by atoms with E-state index in [0.29, 0.717) is 12.6 Å². The fraction of sp³-hybridized carbons (Fsp3) is 0.917. The van der Waals surface area contributed by atoms with Gasteiger partial charge in [0.1, 0.15) is 0 Å². The second kappa shape index (κ2) is 7.63. The van der Waals surface area contributed by atoms with E-state index < -0.39 is 0 Å². The molecule has 1 aliphatic rings. The van der Waals surface area contributed by atoms with Crippen molar-refractivity contribution >= 4 is 5.91 Å². The van der Waals surface area contributed by atoms with Crippen LogP contribution < -0.4 is 10.6 Å². The molecule has 4 heteroatoms. The Bertz CT molecular complexity index is 208. The van der Waals surface area contributed by atoms with Crippen LogP contribution in [-0.4, -0.2) is 49.6 Å². The van der Waals surface area contributed by atoms with Crippen LogP contribution in [0.1, 0.15) is 33.1 Å². The van der Waals surface area contributed by atoms with Crippen LogP contribution in [0.25, 0.3) is 0 Å². The fourth-order valence-electron chi connectivity index (χ4n) is 2.22. The average molecular weight is 227 g/mol. The van der Waals surface area contributed by atoms with Crippen LogP contribution in [0, 0.1) is 0 Å². The molecule has 0 aromatic heterocycles. The van der Waals surface area contributed by atoms with Crippen molar-refractivity contribution in [1.82, 2.24) is 15.5 Å². The molecule has 0 radical (unpaired) electrons. The van der Waals surface area contributed by atoms with Crippen molar-refractivity contribution in [2.24, 2.45) is 0 Å². The van der Waals surface area contributed by atoms with Crippen LogP contribution in [0.2, 0.25) is 0 Å². The number of carbonyl (C=O) groups is 1. The third-order valence-electron chi connectivity index (χ3n) is 3.14. The van der Waals surface area contributed by atoms with Gasteiger partial charge in [-0.05, 0) is 32.4 Å². The molecule has 1 rings (SSSR count). The number of nitrogens with zero attached hydrogens (tertiary/aromatic N) is 1. The highest BCUT2D eigenvalue weighted by atomic mass is 16.1. The van der Waals surface area contributed by atoms with E-state index in [4.69, 9.17) is 0 Å². The minimum absolute atomic E-state index is 0.114. The lowest BCUT2D eigenvalue weighted by atomic mass is 10.2. The molecule has 2 N–H and O–H groups in total. The molecular formula is C12H25N3O. The van der Waals surface area contributed by atoms with E-state index in [9.17, 15) is 4.79 Å². The molecule has 0 spiro atoms. The smallest absolute Gasteiger partial charge is 0.233 e. The Morgan fingerprint density at radius 1 is 1.44 bits per heavy atom. The summed E-state index contributed by atoms with van der Waals surface area (Å²) in [5.41, 5.74) is 0. The van der Waals surface area contributed by atoms with Gasteiger partial charge in [0, 0.05) is 19.1 Å². The summed E-state index contributed by atoms with van der Waals surface area (Å²) < 4.78 is 0. The van der Waals surface area contributed by atoms with Crippen molar-refractivity contribution in [2.75, 3.05) is 32.7 Å². The fourth-order valence-corrected chi connectivity index (χ4v) is 2.22. The van der Waals surface area contributed by atoms with Crippen molar-refractivity contribution in [3.8, 4) is 0 Å². The minimum Gasteiger partial charge on any atom is -0.355 e. The second-order valence-electron chi connectivity index (χ2n) is 4.41. The summed E-state index contributed by atoms with van der Waals surface area (Å²) in [6.07, 6.45) is 3.55. The first kappa shape index (κ1) is 13.5. The van der Waals surface area contributed by atoms with E-state index in [2.05, 4.69) is 29.4 Å². The largest absolute Gasteiger partial charge is 0.355 e. The van der Waals surface area contributed by atoms with Gasteiger partial charge in [-0.3, -0.25) is 9.69 Å². The molecule has 0 saturated carbocycles. The molecule has 0 aliphatic carbocycles. The molecule has 1 amide bonds. The zero-order valence-corrected chi connectivity index (χ0v) is 10.6. The molecule has 0 aromatic carbocycles. The van der Waals surface area contributed by atoms with Gasteiger partial charge in [0.25, 0.3) is 0 Å². The van der Waals surface area contributed by atoms with E-state index in [1.807, 2.05) is 0 Å². The first-order valence-corrected chi connectivity index (χ1v) is 6.49. The molecule has 4 nitrogen and oxygen atoms in total. The predicted molar refractivity (Wildman–Crippen MR) is 66.4 cm³/mol.